The van der Waals surface area contributed by atoms with Crippen molar-refractivity contribution in [1.29, 1.82) is 0 Å². The molecule has 6 nitrogen and oxygen atoms in total. The van der Waals surface area contributed by atoms with Crippen molar-refractivity contribution in [3.63, 3.8) is 0 Å². The Balaban J connectivity index is 4.28. The van der Waals surface area contributed by atoms with Crippen LogP contribution in [0.2, 0.25) is 0 Å². The van der Waals surface area contributed by atoms with Gasteiger partial charge in [0, 0.05) is 5.33 Å². The summed E-state index contributed by atoms with van der Waals surface area (Å²) in [5.74, 6) is -1.92. The standard InChI is InChI=1S/C12H23BrO6S2/c1-3-19-12(14)11(2)10-21(17,18)9-5-8-20(15,16)7-4-6-13/h11H,3-10H2,1-2H3. The summed E-state index contributed by atoms with van der Waals surface area (Å²) in [7, 11) is -6.67. The monoisotopic (exact) mass is 406 g/mol. The maximum absolute atomic E-state index is 11.8. The van der Waals surface area contributed by atoms with Gasteiger partial charge in [-0.05, 0) is 19.8 Å². The van der Waals surface area contributed by atoms with E-state index < -0.39 is 31.6 Å². The highest BCUT2D eigenvalue weighted by atomic mass is 79.9. The number of sulfone groups is 2. The van der Waals surface area contributed by atoms with Crippen LogP contribution in [0.4, 0.5) is 0 Å². The summed E-state index contributed by atoms with van der Waals surface area (Å²) < 4.78 is 51.6. The molecule has 0 bridgehead atoms. The van der Waals surface area contributed by atoms with Crippen molar-refractivity contribution in [3.05, 3.63) is 0 Å². The molecule has 0 fully saturated rings. The topological polar surface area (TPSA) is 94.6 Å². The minimum absolute atomic E-state index is 0.0531. The van der Waals surface area contributed by atoms with E-state index in [0.717, 1.165) is 0 Å². The van der Waals surface area contributed by atoms with Crippen molar-refractivity contribution < 1.29 is 26.4 Å². The van der Waals surface area contributed by atoms with Gasteiger partial charge in [0.1, 0.15) is 9.84 Å². The number of alkyl halides is 1. The number of esters is 1. The zero-order valence-electron chi connectivity index (χ0n) is 12.4. The largest absolute Gasteiger partial charge is 0.466 e. The fraction of sp³-hybridized carbons (Fsp3) is 0.917. The maximum atomic E-state index is 11.8. The molecule has 1 unspecified atom stereocenters. The molecule has 126 valence electrons. The molecule has 21 heavy (non-hydrogen) atoms. The molecule has 1 atom stereocenters. The molecule has 0 saturated carbocycles. The Morgan fingerprint density at radius 3 is 2.10 bits per heavy atom. The van der Waals surface area contributed by atoms with Crippen LogP contribution in [0.3, 0.4) is 0 Å². The summed E-state index contributed by atoms with van der Waals surface area (Å²) >= 11 is 3.15. The zero-order chi connectivity index (χ0) is 16.5. The highest BCUT2D eigenvalue weighted by molar-refractivity contribution is 9.09. The third kappa shape index (κ3) is 10.2. The van der Waals surface area contributed by atoms with Gasteiger partial charge in [0.05, 0.1) is 35.5 Å². The molecule has 0 amide bonds. The summed E-state index contributed by atoms with van der Waals surface area (Å²) in [6, 6.07) is 0. The van der Waals surface area contributed by atoms with Gasteiger partial charge in [-0.3, -0.25) is 4.79 Å². The Morgan fingerprint density at radius 2 is 1.57 bits per heavy atom. The molecule has 0 radical (unpaired) electrons. The predicted molar refractivity (Wildman–Crippen MR) is 86.1 cm³/mol. The highest BCUT2D eigenvalue weighted by Gasteiger charge is 2.23. The number of carbonyl (C=O) groups is 1. The van der Waals surface area contributed by atoms with E-state index in [1.807, 2.05) is 0 Å². The fourth-order valence-corrected chi connectivity index (χ4v) is 5.55. The molecule has 0 heterocycles. The van der Waals surface area contributed by atoms with Crippen LogP contribution in [0.1, 0.15) is 26.7 Å². The molecule has 0 aliphatic rings. The molecule has 0 aromatic carbocycles. The normalized spacial score (nSPS) is 13.9. The maximum Gasteiger partial charge on any atom is 0.309 e. The number of hydrogen-bond acceptors (Lipinski definition) is 6. The van der Waals surface area contributed by atoms with Crippen LogP contribution in [0.25, 0.3) is 0 Å². The summed E-state index contributed by atoms with van der Waals surface area (Å²) in [6.07, 6.45) is 0.567. The molecule has 0 N–H and O–H groups in total. The second-order valence-electron chi connectivity index (χ2n) is 4.82. The third-order valence-corrected chi connectivity index (χ3v) is 6.99. The number of ether oxygens (including phenoxy) is 1. The van der Waals surface area contributed by atoms with E-state index in [-0.39, 0.29) is 36.0 Å². The van der Waals surface area contributed by atoms with Crippen LogP contribution >= 0.6 is 15.9 Å². The Bertz CT molecular complexity index is 512. The van der Waals surface area contributed by atoms with E-state index in [1.165, 1.54) is 6.92 Å². The molecule has 0 aromatic rings. The van der Waals surface area contributed by atoms with Gasteiger partial charge in [0.15, 0.2) is 9.84 Å². The van der Waals surface area contributed by atoms with Crippen LogP contribution in [0, 0.1) is 5.92 Å². The molecule has 0 aliphatic heterocycles. The van der Waals surface area contributed by atoms with Crippen molar-refractivity contribution in [2.75, 3.05) is 34.9 Å². The van der Waals surface area contributed by atoms with Crippen molar-refractivity contribution in [2.45, 2.75) is 26.7 Å². The van der Waals surface area contributed by atoms with Gasteiger partial charge in [-0.1, -0.05) is 22.9 Å². The highest BCUT2D eigenvalue weighted by Crippen LogP contribution is 2.07. The van der Waals surface area contributed by atoms with Crippen molar-refractivity contribution in [2.24, 2.45) is 5.92 Å². The Labute approximate surface area is 135 Å². The van der Waals surface area contributed by atoms with Gasteiger partial charge in [-0.2, -0.15) is 0 Å². The summed E-state index contributed by atoms with van der Waals surface area (Å²) in [5.41, 5.74) is 0. The minimum Gasteiger partial charge on any atom is -0.466 e. The van der Waals surface area contributed by atoms with Gasteiger partial charge in [0.25, 0.3) is 0 Å². The Kier molecular flexibility index (Phi) is 9.71. The average molecular weight is 407 g/mol. The van der Waals surface area contributed by atoms with Crippen LogP contribution in [0.15, 0.2) is 0 Å². The fourth-order valence-electron chi connectivity index (χ4n) is 1.69. The second kappa shape index (κ2) is 9.78. The third-order valence-electron chi connectivity index (χ3n) is 2.69. The quantitative estimate of drug-likeness (QED) is 0.377. The molecule has 0 saturated heterocycles. The van der Waals surface area contributed by atoms with E-state index in [2.05, 4.69) is 15.9 Å². The van der Waals surface area contributed by atoms with Gasteiger partial charge in [-0.15, -0.1) is 0 Å². The van der Waals surface area contributed by atoms with Gasteiger partial charge >= 0.3 is 5.97 Å². The van der Waals surface area contributed by atoms with E-state index in [1.54, 1.807) is 6.92 Å². The van der Waals surface area contributed by atoms with Gasteiger partial charge in [-0.25, -0.2) is 16.8 Å². The zero-order valence-corrected chi connectivity index (χ0v) is 15.6. The van der Waals surface area contributed by atoms with Crippen LogP contribution in [-0.4, -0.2) is 57.8 Å². The molecule has 0 aromatic heterocycles. The van der Waals surface area contributed by atoms with E-state index >= 15 is 0 Å². The van der Waals surface area contributed by atoms with E-state index in [9.17, 15) is 21.6 Å². The molecule has 0 spiro atoms. The van der Waals surface area contributed by atoms with Gasteiger partial charge < -0.3 is 4.74 Å². The number of hydrogen-bond donors (Lipinski definition) is 0. The molecule has 0 rings (SSSR count). The molecule has 0 aliphatic carbocycles. The first kappa shape index (κ1) is 20.9. The lowest BCUT2D eigenvalue weighted by Crippen LogP contribution is -2.26. The SMILES string of the molecule is CCOC(=O)C(C)CS(=O)(=O)CCCS(=O)(=O)CCCBr. The number of rotatable bonds is 11. The van der Waals surface area contributed by atoms with E-state index in [0.29, 0.717) is 11.8 Å². The van der Waals surface area contributed by atoms with Crippen LogP contribution < -0.4 is 0 Å². The summed E-state index contributed by atoms with van der Waals surface area (Å²) in [4.78, 5) is 11.4. The number of halogens is 1. The first-order valence-corrected chi connectivity index (χ1v) is 11.5. The van der Waals surface area contributed by atoms with Crippen LogP contribution in [-0.2, 0) is 29.2 Å². The van der Waals surface area contributed by atoms with Gasteiger partial charge in [0.2, 0.25) is 0 Å². The van der Waals surface area contributed by atoms with Crippen molar-refractivity contribution in [3.8, 4) is 0 Å². The first-order chi connectivity index (χ1) is 9.63. The van der Waals surface area contributed by atoms with Crippen molar-refractivity contribution in [1.82, 2.24) is 0 Å². The van der Waals surface area contributed by atoms with Crippen molar-refractivity contribution >= 4 is 41.6 Å². The second-order valence-corrected chi connectivity index (χ2v) is 10.1. The minimum atomic E-state index is -3.46. The lowest BCUT2D eigenvalue weighted by Gasteiger charge is -2.11. The summed E-state index contributed by atoms with van der Waals surface area (Å²) in [5, 5.41) is 0.599. The average Bonchev–Trinajstić information content (AvgIpc) is 2.35. The molecule has 9 heteroatoms. The lowest BCUT2D eigenvalue weighted by atomic mass is 10.2. The molecular formula is C12H23BrO6S2. The predicted octanol–water partition coefficient (Wildman–Crippen LogP) is 1.19. The Hall–Kier alpha value is -0.150. The summed E-state index contributed by atoms with van der Waals surface area (Å²) in [6.45, 7) is 3.34. The first-order valence-electron chi connectivity index (χ1n) is 6.77. The smallest absolute Gasteiger partial charge is 0.309 e. The lowest BCUT2D eigenvalue weighted by molar-refractivity contribution is -0.146. The van der Waals surface area contributed by atoms with E-state index in [4.69, 9.17) is 4.74 Å². The number of carbonyl (C=O) groups excluding carboxylic acids is 1. The van der Waals surface area contributed by atoms with Crippen LogP contribution in [0.5, 0.6) is 0 Å². The Morgan fingerprint density at radius 1 is 1.05 bits per heavy atom. The molecular weight excluding hydrogens is 384 g/mol.